The number of hydrogen-bond acceptors (Lipinski definition) is 7. The first-order valence-electron chi connectivity index (χ1n) is 11.1. The molecule has 0 N–H and O–H groups in total. The third kappa shape index (κ3) is 3.85. The van der Waals surface area contributed by atoms with Crippen molar-refractivity contribution >= 4 is 44.5 Å². The molecule has 178 valence electrons. The third-order valence-electron chi connectivity index (χ3n) is 6.02. The summed E-state index contributed by atoms with van der Waals surface area (Å²) in [5, 5.41) is 3.62. The molecule has 0 amide bonds. The quantitative estimate of drug-likeness (QED) is 0.164. The van der Waals surface area contributed by atoms with Crippen molar-refractivity contribution in [3.63, 3.8) is 0 Å². The Morgan fingerprint density at radius 1 is 0.943 bits per heavy atom. The van der Waals surface area contributed by atoms with E-state index in [9.17, 15) is 14.4 Å². The van der Waals surface area contributed by atoms with Crippen molar-refractivity contribution in [2.75, 3.05) is 0 Å². The number of benzene rings is 2. The van der Waals surface area contributed by atoms with Crippen molar-refractivity contribution in [2.45, 2.75) is 37.0 Å². The number of rotatable bonds is 3. The van der Waals surface area contributed by atoms with E-state index in [0.29, 0.717) is 27.8 Å². The number of thioether (sulfide) groups is 1. The fourth-order valence-corrected chi connectivity index (χ4v) is 5.14. The van der Waals surface area contributed by atoms with E-state index in [0.717, 1.165) is 26.3 Å². The summed E-state index contributed by atoms with van der Waals surface area (Å²) in [6.45, 7) is 5.93. The number of hydrogen-bond donors (Lipinski definition) is 0. The fourth-order valence-electron chi connectivity index (χ4n) is 4.15. The van der Waals surface area contributed by atoms with Crippen molar-refractivity contribution in [1.29, 1.82) is 0 Å². The van der Waals surface area contributed by atoms with E-state index in [1.807, 2.05) is 51.1 Å². The monoisotopic (exact) mass is 488 g/mol. The van der Waals surface area contributed by atoms with Crippen LogP contribution in [0.4, 0.5) is 0 Å². The van der Waals surface area contributed by atoms with Crippen molar-refractivity contribution < 1.29 is 4.42 Å². The molecule has 0 saturated carbocycles. The molecular weight excluding hydrogens is 464 g/mol. The minimum Gasteiger partial charge on any atom is -0.423 e. The molecule has 5 aromatic rings. The van der Waals surface area contributed by atoms with Gasteiger partial charge in [-0.1, -0.05) is 51.1 Å². The van der Waals surface area contributed by atoms with Crippen molar-refractivity contribution in [2.24, 2.45) is 14.1 Å². The van der Waals surface area contributed by atoms with Gasteiger partial charge in [-0.2, -0.15) is 0 Å². The van der Waals surface area contributed by atoms with Crippen molar-refractivity contribution in [1.82, 2.24) is 19.1 Å². The van der Waals surface area contributed by atoms with Crippen LogP contribution in [0.25, 0.3) is 32.8 Å². The molecule has 5 rings (SSSR count). The molecule has 9 heteroatoms. The predicted octanol–water partition coefficient (Wildman–Crippen LogP) is 3.88. The lowest BCUT2D eigenvalue weighted by atomic mass is 9.96. The summed E-state index contributed by atoms with van der Waals surface area (Å²) in [4.78, 5) is 47.4. The normalized spacial score (nSPS) is 12.1. The molecule has 0 bridgehead atoms. The second-order valence-corrected chi connectivity index (χ2v) is 10.5. The molecule has 0 aliphatic carbocycles. The van der Waals surface area contributed by atoms with Crippen LogP contribution in [0.3, 0.4) is 0 Å². The summed E-state index contributed by atoms with van der Waals surface area (Å²) in [6, 6.07) is 13.1. The van der Waals surface area contributed by atoms with Crippen molar-refractivity contribution in [3.8, 4) is 0 Å². The SMILES string of the molecule is Cn1c(=O)c2c(SCc3cc(=O)oc4ccc5ccccc5c34)nc(C(C)(C)C)nc2n(C)c1=O. The highest BCUT2D eigenvalue weighted by Crippen LogP contribution is 2.33. The zero-order valence-electron chi connectivity index (χ0n) is 20.1. The summed E-state index contributed by atoms with van der Waals surface area (Å²) in [5.41, 5.74) is -0.161. The van der Waals surface area contributed by atoms with Gasteiger partial charge in [0.05, 0.1) is 0 Å². The zero-order chi connectivity index (χ0) is 25.1. The molecular formula is C26H24N4O4S. The Morgan fingerprint density at radius 2 is 1.69 bits per heavy atom. The maximum Gasteiger partial charge on any atom is 0.336 e. The van der Waals surface area contributed by atoms with E-state index >= 15 is 0 Å². The lowest BCUT2D eigenvalue weighted by Crippen LogP contribution is -2.38. The van der Waals surface area contributed by atoms with Gasteiger partial charge in [0.1, 0.15) is 21.8 Å². The molecule has 0 unspecified atom stereocenters. The van der Waals surface area contributed by atoms with Crippen LogP contribution in [0, 0.1) is 0 Å². The third-order valence-corrected chi connectivity index (χ3v) is 7.04. The molecule has 35 heavy (non-hydrogen) atoms. The van der Waals surface area contributed by atoms with E-state index in [1.165, 1.54) is 29.4 Å². The van der Waals surface area contributed by atoms with Crippen LogP contribution in [0.5, 0.6) is 0 Å². The van der Waals surface area contributed by atoms with Crippen LogP contribution in [0.15, 0.2) is 66.3 Å². The minimum atomic E-state index is -0.450. The van der Waals surface area contributed by atoms with Gasteiger partial charge in [-0.3, -0.25) is 13.9 Å². The Labute approximate surface area is 204 Å². The highest BCUT2D eigenvalue weighted by molar-refractivity contribution is 7.98. The maximum absolute atomic E-state index is 13.1. The molecule has 0 spiro atoms. The molecule has 3 heterocycles. The molecule has 3 aromatic heterocycles. The summed E-state index contributed by atoms with van der Waals surface area (Å²) in [6.07, 6.45) is 0. The minimum absolute atomic E-state index is 0.282. The van der Waals surface area contributed by atoms with Gasteiger partial charge in [0.15, 0.2) is 5.65 Å². The first kappa shape index (κ1) is 23.0. The van der Waals surface area contributed by atoms with Crippen LogP contribution in [-0.2, 0) is 25.3 Å². The van der Waals surface area contributed by atoms with Gasteiger partial charge in [-0.25, -0.2) is 19.6 Å². The van der Waals surface area contributed by atoms with E-state index in [2.05, 4.69) is 4.98 Å². The van der Waals surface area contributed by atoms with Crippen LogP contribution >= 0.6 is 11.8 Å². The topological polar surface area (TPSA) is 100.0 Å². The number of fused-ring (bicyclic) bond motifs is 4. The maximum atomic E-state index is 13.1. The van der Waals surface area contributed by atoms with Crippen LogP contribution in [0.2, 0.25) is 0 Å². The van der Waals surface area contributed by atoms with Crippen LogP contribution < -0.4 is 16.9 Å². The molecule has 0 atom stereocenters. The van der Waals surface area contributed by atoms with Gasteiger partial charge in [0, 0.05) is 36.7 Å². The predicted molar refractivity (Wildman–Crippen MR) is 138 cm³/mol. The highest BCUT2D eigenvalue weighted by atomic mass is 32.2. The summed E-state index contributed by atoms with van der Waals surface area (Å²) in [5.74, 6) is 0.899. The molecule has 2 aromatic carbocycles. The lowest BCUT2D eigenvalue weighted by Gasteiger charge is -2.19. The zero-order valence-corrected chi connectivity index (χ0v) is 20.9. The molecule has 0 fully saturated rings. The van der Waals surface area contributed by atoms with E-state index in [1.54, 1.807) is 13.1 Å². The van der Waals surface area contributed by atoms with E-state index in [-0.39, 0.29) is 5.39 Å². The second kappa shape index (κ2) is 8.20. The smallest absolute Gasteiger partial charge is 0.336 e. The Hall–Kier alpha value is -3.72. The Bertz CT molecular complexity index is 1830. The first-order valence-corrected chi connectivity index (χ1v) is 12.1. The van der Waals surface area contributed by atoms with Gasteiger partial charge in [-0.05, 0) is 22.4 Å². The second-order valence-electron chi connectivity index (χ2n) is 9.55. The van der Waals surface area contributed by atoms with E-state index < -0.39 is 22.3 Å². The highest BCUT2D eigenvalue weighted by Gasteiger charge is 2.24. The average molecular weight is 489 g/mol. The Kier molecular flexibility index (Phi) is 5.40. The molecule has 0 aliphatic rings. The van der Waals surface area contributed by atoms with Crippen molar-refractivity contribution in [3.05, 3.63) is 85.1 Å². The first-order chi connectivity index (χ1) is 16.6. The number of aryl methyl sites for hydroxylation is 1. The summed E-state index contributed by atoms with van der Waals surface area (Å²) in [7, 11) is 3.04. The van der Waals surface area contributed by atoms with Gasteiger partial charge < -0.3 is 4.42 Å². The van der Waals surface area contributed by atoms with Gasteiger partial charge in [0.25, 0.3) is 5.56 Å². The van der Waals surface area contributed by atoms with Gasteiger partial charge in [-0.15, -0.1) is 11.8 Å². The molecule has 0 saturated heterocycles. The largest absolute Gasteiger partial charge is 0.423 e. The van der Waals surface area contributed by atoms with E-state index in [4.69, 9.17) is 9.40 Å². The standard InChI is InChI=1S/C26H24N4O4S/c1-26(2,3)24-27-21-20(23(32)30(5)25(33)29(21)4)22(28-24)35-13-15-12-18(31)34-17-11-10-14-8-6-7-9-16(14)19(15)17/h6-12H,13H2,1-5H3. The fraction of sp³-hybridized carbons (Fsp3) is 0.269. The Morgan fingerprint density at radius 3 is 2.43 bits per heavy atom. The summed E-state index contributed by atoms with van der Waals surface area (Å²) >= 11 is 1.34. The molecule has 0 aliphatic heterocycles. The Balaban J connectivity index is 1.74. The van der Waals surface area contributed by atoms with Gasteiger partial charge in [0.2, 0.25) is 0 Å². The van der Waals surface area contributed by atoms with Crippen LogP contribution in [-0.4, -0.2) is 19.1 Å². The number of nitrogens with zero attached hydrogens (tertiary/aromatic N) is 4. The van der Waals surface area contributed by atoms with Crippen LogP contribution in [0.1, 0.15) is 32.2 Å². The lowest BCUT2D eigenvalue weighted by molar-refractivity contribution is 0.539. The average Bonchev–Trinajstić information content (AvgIpc) is 2.83. The molecule has 0 radical (unpaired) electrons. The molecule has 8 nitrogen and oxygen atoms in total. The number of aromatic nitrogens is 4. The summed E-state index contributed by atoms with van der Waals surface area (Å²) < 4.78 is 7.91. The van der Waals surface area contributed by atoms with Gasteiger partial charge >= 0.3 is 11.3 Å².